The monoisotopic (exact) mass is 413 g/mol. The summed E-state index contributed by atoms with van der Waals surface area (Å²) in [6.45, 7) is 0.662. The molecule has 0 amide bonds. The van der Waals surface area contributed by atoms with Crippen LogP contribution in [0.1, 0.15) is 5.56 Å². The Morgan fingerprint density at radius 1 is 1.04 bits per heavy atom. The van der Waals surface area contributed by atoms with E-state index in [2.05, 4.69) is 4.98 Å². The van der Waals surface area contributed by atoms with Crippen LogP contribution in [0.25, 0.3) is 11.3 Å². The molecule has 0 N–H and O–H groups in total. The first-order valence-corrected chi connectivity index (χ1v) is 8.99. The van der Waals surface area contributed by atoms with Crippen molar-refractivity contribution in [2.24, 2.45) is 0 Å². The number of benzene rings is 1. The van der Waals surface area contributed by atoms with E-state index in [9.17, 15) is 8.42 Å². The Bertz CT molecular complexity index is 928. The van der Waals surface area contributed by atoms with Gasteiger partial charge in [-0.25, -0.2) is 12.4 Å². The van der Waals surface area contributed by atoms with E-state index < -0.39 is 10.0 Å². The molecule has 140 valence electrons. The van der Waals surface area contributed by atoms with Gasteiger partial charge in [0.15, 0.2) is 0 Å². The number of hydrogen-bond acceptors (Lipinski definition) is 4. The lowest BCUT2D eigenvalue weighted by molar-refractivity contribution is 0.402. The Kier molecular flexibility index (Phi) is 7.84. The molecule has 0 radical (unpaired) electrons. The standard InChI is InChI=1S/C18H19N3O2S.2ClH/c1-20(2)13-15-11-18(16-7-4-3-5-8-16)21(14-15)24(22,23)17-9-6-10-19-12-17;;/h3-12,14H,13H2,1-2H3;2*1H. The van der Waals surface area contributed by atoms with E-state index in [4.69, 9.17) is 0 Å². The molecular weight excluding hydrogens is 393 g/mol. The van der Waals surface area contributed by atoms with Crippen molar-refractivity contribution in [1.29, 1.82) is 0 Å². The van der Waals surface area contributed by atoms with Crippen LogP contribution in [-0.4, -0.2) is 36.4 Å². The topological polar surface area (TPSA) is 55.2 Å². The second kappa shape index (κ2) is 9.19. The number of halogens is 2. The fourth-order valence-corrected chi connectivity index (χ4v) is 3.94. The molecule has 0 spiro atoms. The zero-order valence-corrected chi connectivity index (χ0v) is 16.9. The van der Waals surface area contributed by atoms with Crippen LogP contribution in [0.5, 0.6) is 0 Å². The summed E-state index contributed by atoms with van der Waals surface area (Å²) in [5.41, 5.74) is 2.44. The summed E-state index contributed by atoms with van der Waals surface area (Å²) in [6.07, 6.45) is 4.62. The number of pyridine rings is 1. The molecule has 0 atom stereocenters. The van der Waals surface area contributed by atoms with Crippen LogP contribution in [0, 0.1) is 0 Å². The fraction of sp³-hybridized carbons (Fsp3) is 0.167. The maximum absolute atomic E-state index is 13.0. The lowest BCUT2D eigenvalue weighted by Gasteiger charge is -2.10. The van der Waals surface area contributed by atoms with Crippen molar-refractivity contribution in [3.8, 4) is 11.3 Å². The molecule has 3 rings (SSSR count). The molecule has 26 heavy (non-hydrogen) atoms. The van der Waals surface area contributed by atoms with E-state index >= 15 is 0 Å². The van der Waals surface area contributed by atoms with Gasteiger partial charge in [0.05, 0.1) is 5.69 Å². The van der Waals surface area contributed by atoms with Gasteiger partial charge in [-0.2, -0.15) is 0 Å². The second-order valence-corrected chi connectivity index (χ2v) is 7.64. The van der Waals surface area contributed by atoms with Crippen molar-refractivity contribution in [2.75, 3.05) is 14.1 Å². The summed E-state index contributed by atoms with van der Waals surface area (Å²) in [7, 11) is 0.210. The summed E-state index contributed by atoms with van der Waals surface area (Å²) in [5.74, 6) is 0. The van der Waals surface area contributed by atoms with Gasteiger partial charge in [0.25, 0.3) is 10.0 Å². The number of hydrogen-bond donors (Lipinski definition) is 0. The summed E-state index contributed by atoms with van der Waals surface area (Å²) >= 11 is 0. The zero-order valence-electron chi connectivity index (χ0n) is 14.4. The van der Waals surface area contributed by atoms with Gasteiger partial charge >= 0.3 is 0 Å². The minimum atomic E-state index is -3.70. The third-order valence-corrected chi connectivity index (χ3v) is 5.26. The number of aromatic nitrogens is 2. The highest BCUT2D eigenvalue weighted by atomic mass is 35.5. The Morgan fingerprint density at radius 2 is 1.73 bits per heavy atom. The normalized spacial score (nSPS) is 10.9. The summed E-state index contributed by atoms with van der Waals surface area (Å²) in [5, 5.41) is 0. The molecular formula is C18H21Cl2N3O2S. The molecule has 0 fully saturated rings. The van der Waals surface area contributed by atoms with Gasteiger partial charge in [0.2, 0.25) is 0 Å². The molecule has 8 heteroatoms. The van der Waals surface area contributed by atoms with Crippen LogP contribution in [0.2, 0.25) is 0 Å². The molecule has 5 nitrogen and oxygen atoms in total. The molecule has 0 saturated carbocycles. The minimum absolute atomic E-state index is 0. The largest absolute Gasteiger partial charge is 0.305 e. The van der Waals surface area contributed by atoms with E-state index in [-0.39, 0.29) is 29.7 Å². The summed E-state index contributed by atoms with van der Waals surface area (Å²) in [6, 6.07) is 14.6. The van der Waals surface area contributed by atoms with E-state index in [1.807, 2.05) is 55.4 Å². The molecule has 1 aromatic carbocycles. The van der Waals surface area contributed by atoms with Gasteiger partial charge in [-0.15, -0.1) is 24.8 Å². The Hall–Kier alpha value is -1.86. The highest BCUT2D eigenvalue weighted by Gasteiger charge is 2.22. The van der Waals surface area contributed by atoms with Crippen LogP contribution in [0.3, 0.4) is 0 Å². The van der Waals surface area contributed by atoms with Crippen molar-refractivity contribution < 1.29 is 8.42 Å². The third-order valence-electron chi connectivity index (χ3n) is 3.60. The predicted octanol–water partition coefficient (Wildman–Crippen LogP) is 3.69. The van der Waals surface area contributed by atoms with Crippen molar-refractivity contribution in [3.05, 3.63) is 72.7 Å². The molecule has 3 aromatic rings. The molecule has 0 unspecified atom stereocenters. The number of rotatable bonds is 5. The number of nitrogens with zero attached hydrogens (tertiary/aromatic N) is 3. The van der Waals surface area contributed by atoms with Crippen molar-refractivity contribution in [2.45, 2.75) is 11.4 Å². The van der Waals surface area contributed by atoms with Crippen molar-refractivity contribution in [3.63, 3.8) is 0 Å². The average Bonchev–Trinajstić information content (AvgIpc) is 3.00. The highest BCUT2D eigenvalue weighted by Crippen LogP contribution is 2.27. The lowest BCUT2D eigenvalue weighted by atomic mass is 10.1. The van der Waals surface area contributed by atoms with Crippen molar-refractivity contribution in [1.82, 2.24) is 13.9 Å². The van der Waals surface area contributed by atoms with Gasteiger partial charge in [-0.3, -0.25) is 4.98 Å². The first-order chi connectivity index (χ1) is 11.5. The van der Waals surface area contributed by atoms with Gasteiger partial charge in [0.1, 0.15) is 4.90 Å². The quantitative estimate of drug-likeness (QED) is 0.639. The first kappa shape index (κ1) is 22.2. The third kappa shape index (κ3) is 4.65. The van der Waals surface area contributed by atoms with Crippen LogP contribution in [0.15, 0.2) is 72.0 Å². The van der Waals surface area contributed by atoms with Crippen molar-refractivity contribution >= 4 is 34.8 Å². The average molecular weight is 414 g/mol. The van der Waals surface area contributed by atoms with E-state index in [0.29, 0.717) is 12.2 Å². The van der Waals surface area contributed by atoms with E-state index in [1.165, 1.54) is 10.2 Å². The highest BCUT2D eigenvalue weighted by molar-refractivity contribution is 7.90. The maximum atomic E-state index is 13.0. The Morgan fingerprint density at radius 3 is 2.31 bits per heavy atom. The van der Waals surface area contributed by atoms with Gasteiger partial charge in [0, 0.05) is 25.1 Å². The molecule has 0 saturated heterocycles. The van der Waals surface area contributed by atoms with Gasteiger partial charge in [-0.1, -0.05) is 30.3 Å². The van der Waals surface area contributed by atoms with Crippen LogP contribution in [0.4, 0.5) is 0 Å². The smallest absolute Gasteiger partial charge is 0.269 e. The Balaban J connectivity index is 0.00000169. The molecule has 2 aromatic heterocycles. The van der Waals surface area contributed by atoms with Gasteiger partial charge in [-0.05, 0) is 43.4 Å². The van der Waals surface area contributed by atoms with E-state index in [0.717, 1.165) is 11.1 Å². The summed E-state index contributed by atoms with van der Waals surface area (Å²) < 4.78 is 27.4. The fourth-order valence-electron chi connectivity index (χ4n) is 2.58. The minimum Gasteiger partial charge on any atom is -0.305 e. The van der Waals surface area contributed by atoms with E-state index in [1.54, 1.807) is 24.5 Å². The summed E-state index contributed by atoms with van der Waals surface area (Å²) in [4.78, 5) is 6.11. The zero-order chi connectivity index (χ0) is 17.2. The Labute approximate surface area is 166 Å². The predicted molar refractivity (Wildman–Crippen MR) is 109 cm³/mol. The van der Waals surface area contributed by atoms with Crippen LogP contribution in [-0.2, 0) is 16.6 Å². The second-order valence-electron chi connectivity index (χ2n) is 5.83. The lowest BCUT2D eigenvalue weighted by Crippen LogP contribution is -2.14. The SMILES string of the molecule is CN(C)Cc1cc(-c2ccccc2)n(S(=O)(=O)c2cccnc2)c1.Cl.Cl. The molecule has 0 aliphatic rings. The molecule has 0 aliphatic heterocycles. The molecule has 0 aliphatic carbocycles. The molecule has 0 bridgehead atoms. The first-order valence-electron chi connectivity index (χ1n) is 7.55. The van der Waals surface area contributed by atoms with Crippen LogP contribution >= 0.6 is 24.8 Å². The van der Waals surface area contributed by atoms with Gasteiger partial charge < -0.3 is 4.90 Å². The maximum Gasteiger partial charge on any atom is 0.269 e. The van der Waals surface area contributed by atoms with Crippen LogP contribution < -0.4 is 0 Å². The molecule has 2 heterocycles.